The molecule has 1 aliphatic heterocycles. The molecule has 3 aromatic rings. The fourth-order valence-electron chi connectivity index (χ4n) is 4.88. The van der Waals surface area contributed by atoms with Crippen LogP contribution in [0.3, 0.4) is 0 Å². The average molecular weight is 598 g/mol. The number of methoxy groups -OCH3 is 1. The summed E-state index contributed by atoms with van der Waals surface area (Å²) in [6.07, 6.45) is 7.33. The lowest BCUT2D eigenvalue weighted by Crippen LogP contribution is -2.49. The quantitative estimate of drug-likeness (QED) is 0.331. The highest BCUT2D eigenvalue weighted by molar-refractivity contribution is 6.74. The zero-order valence-corrected chi connectivity index (χ0v) is 26.8. The van der Waals surface area contributed by atoms with Gasteiger partial charge in [0.25, 0.3) is 0 Å². The Hall–Kier alpha value is -4.28. The minimum atomic E-state index is -2.01. The van der Waals surface area contributed by atoms with Crippen molar-refractivity contribution in [2.45, 2.75) is 58.4 Å². The Morgan fingerprint density at radius 2 is 1.74 bits per heavy atom. The first kappa shape index (κ1) is 30.2. The van der Waals surface area contributed by atoms with Gasteiger partial charge in [0.2, 0.25) is 20.2 Å². The standard InChI is InChI=1S/C33H39N5O4Si/c1-22(39)38(25-13-17-27(18-14-25)42-43(6,7)33(2,3)4)32-35-20-24-19-34-21-37(31(24)36-32)29-10-8-9-28(30(29)40)23-11-15-26(41-5)16-12-23/h8-18,20,29,34H,19,21H2,1-7H3. The number of carbonyl (C=O) groups is 2. The molecule has 0 saturated carbocycles. The van der Waals surface area contributed by atoms with Gasteiger partial charge >= 0.3 is 0 Å². The zero-order chi connectivity index (χ0) is 30.9. The number of aromatic nitrogens is 2. The normalized spacial score (nSPS) is 16.8. The minimum absolute atomic E-state index is 0.0387. The van der Waals surface area contributed by atoms with Crippen LogP contribution in [0.4, 0.5) is 17.5 Å². The van der Waals surface area contributed by atoms with Crippen molar-refractivity contribution in [3.8, 4) is 11.5 Å². The van der Waals surface area contributed by atoms with Gasteiger partial charge in [-0.15, -0.1) is 0 Å². The molecule has 2 heterocycles. The van der Waals surface area contributed by atoms with Gasteiger partial charge in [0.05, 0.1) is 19.5 Å². The number of nitrogens with zero attached hydrogens (tertiary/aromatic N) is 4. The Bertz CT molecular complexity index is 1580. The molecule has 1 aliphatic carbocycles. The third-order valence-corrected chi connectivity index (χ3v) is 12.7. The van der Waals surface area contributed by atoms with Gasteiger partial charge in [-0.1, -0.05) is 51.1 Å². The highest BCUT2D eigenvalue weighted by Gasteiger charge is 2.39. The van der Waals surface area contributed by atoms with Crippen LogP contribution in [0.15, 0.2) is 73.0 Å². The Kier molecular flexibility index (Phi) is 8.26. The van der Waals surface area contributed by atoms with Crippen molar-refractivity contribution in [2.75, 3.05) is 23.6 Å². The summed E-state index contributed by atoms with van der Waals surface area (Å²) >= 11 is 0. The van der Waals surface area contributed by atoms with Gasteiger partial charge in [-0.3, -0.25) is 14.9 Å². The first-order valence-electron chi connectivity index (χ1n) is 14.4. The van der Waals surface area contributed by atoms with Crippen molar-refractivity contribution in [2.24, 2.45) is 0 Å². The SMILES string of the molecule is COc1ccc(C2=CC=CC(N3CNCc4cnc(N(C(C)=O)c5ccc(O[Si](C)(C)C(C)(C)C)cc5)nc43)C2=O)cc1. The molecule has 1 aromatic heterocycles. The van der Waals surface area contributed by atoms with E-state index in [1.54, 1.807) is 13.3 Å². The molecular formula is C33H39N5O4Si. The van der Waals surface area contributed by atoms with Crippen LogP contribution in [0, 0.1) is 0 Å². The maximum absolute atomic E-state index is 13.8. The second-order valence-electron chi connectivity index (χ2n) is 12.3. The highest BCUT2D eigenvalue weighted by Crippen LogP contribution is 2.38. The van der Waals surface area contributed by atoms with Crippen LogP contribution in [0.5, 0.6) is 11.5 Å². The van der Waals surface area contributed by atoms with E-state index in [0.717, 1.165) is 22.6 Å². The summed E-state index contributed by atoms with van der Waals surface area (Å²) in [5.74, 6) is 2.10. The van der Waals surface area contributed by atoms with E-state index in [2.05, 4.69) is 44.2 Å². The number of amides is 1. The highest BCUT2D eigenvalue weighted by atomic mass is 28.4. The molecule has 10 heteroatoms. The van der Waals surface area contributed by atoms with Crippen molar-refractivity contribution in [3.63, 3.8) is 0 Å². The maximum atomic E-state index is 13.8. The number of fused-ring (bicyclic) bond motifs is 1. The van der Waals surface area contributed by atoms with Crippen LogP contribution in [-0.4, -0.2) is 49.8 Å². The smallest absolute Gasteiger partial charge is 0.250 e. The molecule has 224 valence electrons. The number of anilines is 3. The van der Waals surface area contributed by atoms with Crippen molar-refractivity contribution in [1.29, 1.82) is 0 Å². The van der Waals surface area contributed by atoms with E-state index >= 15 is 0 Å². The van der Waals surface area contributed by atoms with E-state index in [1.165, 1.54) is 11.8 Å². The molecule has 0 saturated heterocycles. The number of hydrogen-bond acceptors (Lipinski definition) is 8. The van der Waals surface area contributed by atoms with Crippen molar-refractivity contribution in [3.05, 3.63) is 84.1 Å². The number of hydrogen-bond donors (Lipinski definition) is 1. The van der Waals surface area contributed by atoms with E-state index in [-0.39, 0.29) is 22.7 Å². The third kappa shape index (κ3) is 6.11. The Morgan fingerprint density at radius 1 is 1.07 bits per heavy atom. The summed E-state index contributed by atoms with van der Waals surface area (Å²) < 4.78 is 11.7. The maximum Gasteiger partial charge on any atom is 0.250 e. The Morgan fingerprint density at radius 3 is 2.37 bits per heavy atom. The summed E-state index contributed by atoms with van der Waals surface area (Å²) in [5.41, 5.74) is 2.91. The number of Topliss-reactive ketones (excluding diaryl/α,β-unsaturated/α-hetero) is 1. The molecule has 0 bridgehead atoms. The second-order valence-corrected chi connectivity index (χ2v) is 17.0. The van der Waals surface area contributed by atoms with Crippen LogP contribution < -0.4 is 24.3 Å². The van der Waals surface area contributed by atoms with Crippen LogP contribution in [-0.2, 0) is 16.1 Å². The number of rotatable bonds is 7. The van der Waals surface area contributed by atoms with Crippen molar-refractivity contribution in [1.82, 2.24) is 15.3 Å². The number of allylic oxidation sites excluding steroid dienone is 2. The van der Waals surface area contributed by atoms with E-state index in [1.807, 2.05) is 71.7 Å². The third-order valence-electron chi connectivity index (χ3n) is 8.31. The summed E-state index contributed by atoms with van der Waals surface area (Å²) in [4.78, 5) is 39.6. The molecule has 2 aromatic carbocycles. The largest absolute Gasteiger partial charge is 0.544 e. The van der Waals surface area contributed by atoms with E-state index in [0.29, 0.717) is 30.3 Å². The van der Waals surface area contributed by atoms with Gasteiger partial charge in [-0.2, -0.15) is 4.98 Å². The molecule has 5 rings (SSSR count). The number of benzene rings is 2. The first-order chi connectivity index (χ1) is 20.4. The predicted molar refractivity (Wildman–Crippen MR) is 172 cm³/mol. The number of nitrogens with one attached hydrogen (secondary N) is 1. The lowest BCUT2D eigenvalue weighted by molar-refractivity contribution is -0.116. The lowest BCUT2D eigenvalue weighted by atomic mass is 9.92. The van der Waals surface area contributed by atoms with E-state index in [4.69, 9.17) is 14.1 Å². The Labute approximate surface area is 254 Å². The van der Waals surface area contributed by atoms with E-state index < -0.39 is 14.4 Å². The molecule has 1 N–H and O–H groups in total. The fourth-order valence-corrected chi connectivity index (χ4v) is 5.91. The van der Waals surface area contributed by atoms with Crippen LogP contribution in [0.25, 0.3) is 5.57 Å². The van der Waals surface area contributed by atoms with Gasteiger partial charge in [0.1, 0.15) is 23.4 Å². The Balaban J connectivity index is 1.43. The van der Waals surface area contributed by atoms with Crippen LogP contribution >= 0.6 is 0 Å². The van der Waals surface area contributed by atoms with Crippen molar-refractivity contribution < 1.29 is 18.8 Å². The monoisotopic (exact) mass is 597 g/mol. The molecule has 0 radical (unpaired) electrons. The van der Waals surface area contributed by atoms with Gasteiger partial charge in [-0.05, 0) is 60.1 Å². The number of ketones is 1. The van der Waals surface area contributed by atoms with Gasteiger partial charge < -0.3 is 14.1 Å². The summed E-state index contributed by atoms with van der Waals surface area (Å²) in [6, 6.07) is 14.4. The first-order valence-corrected chi connectivity index (χ1v) is 17.3. The van der Waals surface area contributed by atoms with Crippen LogP contribution in [0.1, 0.15) is 38.8 Å². The van der Waals surface area contributed by atoms with Gasteiger partial charge in [-0.25, -0.2) is 9.88 Å². The number of ether oxygens (including phenoxy) is 1. The average Bonchev–Trinajstić information content (AvgIpc) is 2.97. The summed E-state index contributed by atoms with van der Waals surface area (Å²) in [5, 5.41) is 3.41. The minimum Gasteiger partial charge on any atom is -0.544 e. The fraction of sp³-hybridized carbons (Fsp3) is 0.333. The number of carbonyl (C=O) groups excluding carboxylic acids is 2. The molecule has 1 atom stereocenters. The molecular weight excluding hydrogens is 558 g/mol. The van der Waals surface area contributed by atoms with E-state index in [9.17, 15) is 9.59 Å². The molecule has 2 aliphatic rings. The lowest BCUT2D eigenvalue weighted by Gasteiger charge is -2.37. The molecule has 1 amide bonds. The second kappa shape index (κ2) is 11.8. The topological polar surface area (TPSA) is 96.9 Å². The summed E-state index contributed by atoms with van der Waals surface area (Å²) in [6.45, 7) is 13.5. The summed E-state index contributed by atoms with van der Waals surface area (Å²) in [7, 11) is -0.399. The molecule has 9 nitrogen and oxygen atoms in total. The van der Waals surface area contributed by atoms with Gasteiger partial charge in [0, 0.05) is 30.8 Å². The molecule has 43 heavy (non-hydrogen) atoms. The van der Waals surface area contributed by atoms with Crippen LogP contribution in [0.2, 0.25) is 18.1 Å². The molecule has 0 spiro atoms. The van der Waals surface area contributed by atoms with Gasteiger partial charge in [0.15, 0.2) is 5.78 Å². The molecule has 0 fully saturated rings. The zero-order valence-electron chi connectivity index (χ0n) is 25.8. The van der Waals surface area contributed by atoms with Crippen molar-refractivity contribution >= 4 is 43.0 Å². The predicted octanol–water partition coefficient (Wildman–Crippen LogP) is 6.01. The molecule has 1 unspecified atom stereocenters.